The fraction of sp³-hybridized carbons (Fsp3) is 0.880. The lowest BCUT2D eigenvalue weighted by atomic mass is 9.44. The minimum Gasteiger partial charge on any atom is -0.392 e. The number of aliphatic hydroxyl groups excluding tert-OH is 1. The monoisotopic (exact) mass is 386 g/mol. The Morgan fingerprint density at radius 1 is 1.11 bits per heavy atom. The van der Waals surface area contributed by atoms with Crippen LogP contribution in [0.2, 0.25) is 0 Å². The van der Waals surface area contributed by atoms with Gasteiger partial charge in [-0.25, -0.2) is 0 Å². The van der Waals surface area contributed by atoms with E-state index in [1.54, 1.807) is 7.11 Å². The minimum absolute atomic E-state index is 0.0806. The lowest BCUT2D eigenvalue weighted by molar-refractivity contribution is -0.143. The van der Waals surface area contributed by atoms with E-state index in [0.717, 1.165) is 31.1 Å². The van der Waals surface area contributed by atoms with E-state index in [0.29, 0.717) is 24.2 Å². The van der Waals surface area contributed by atoms with Crippen LogP contribution in [0.15, 0.2) is 0 Å². The van der Waals surface area contributed by atoms with Gasteiger partial charge in [-0.1, -0.05) is 25.7 Å². The third-order valence-corrected chi connectivity index (χ3v) is 9.71. The molecule has 0 bridgehead atoms. The van der Waals surface area contributed by atoms with Crippen LogP contribution in [0, 0.1) is 58.2 Å². The molecule has 0 spiro atoms. The Bertz CT molecular complexity index is 675. The molecule has 156 valence electrons. The second-order valence-corrected chi connectivity index (χ2v) is 10.8. The summed E-state index contributed by atoms with van der Waals surface area (Å²) in [6, 6.07) is 0. The number of carbonyl (C=O) groups is 1. The van der Waals surface area contributed by atoms with Gasteiger partial charge in [0.2, 0.25) is 0 Å². The molecule has 0 heterocycles. The molecule has 4 rings (SSSR count). The number of methoxy groups -OCH3 is 1. The topological polar surface area (TPSA) is 46.5 Å². The van der Waals surface area contributed by atoms with Gasteiger partial charge < -0.3 is 9.84 Å². The van der Waals surface area contributed by atoms with E-state index < -0.39 is 0 Å². The number of fused-ring (bicyclic) bond motifs is 5. The third-order valence-electron chi connectivity index (χ3n) is 9.71. The first-order valence-corrected chi connectivity index (χ1v) is 11.5. The van der Waals surface area contributed by atoms with Crippen LogP contribution in [-0.2, 0) is 9.53 Å². The van der Waals surface area contributed by atoms with Crippen molar-refractivity contribution in [3.8, 4) is 11.8 Å². The maximum absolute atomic E-state index is 12.3. The molecule has 0 radical (unpaired) electrons. The molecule has 0 saturated heterocycles. The normalized spacial score (nSPS) is 50.0. The number of ketones is 1. The first-order chi connectivity index (χ1) is 13.3. The van der Waals surface area contributed by atoms with Crippen molar-refractivity contribution in [3.05, 3.63) is 0 Å². The smallest absolute Gasteiger partial charge is 0.133 e. The van der Waals surface area contributed by atoms with Crippen LogP contribution in [-0.4, -0.2) is 30.7 Å². The number of Topliss-reactive ketones (excluding diaryl/α,β-unsaturated/α-hetero) is 1. The van der Waals surface area contributed by atoms with Crippen LogP contribution in [0.5, 0.6) is 0 Å². The van der Waals surface area contributed by atoms with E-state index in [1.165, 1.54) is 32.1 Å². The molecular weight excluding hydrogens is 348 g/mol. The van der Waals surface area contributed by atoms with Gasteiger partial charge in [-0.2, -0.15) is 0 Å². The van der Waals surface area contributed by atoms with Crippen molar-refractivity contribution in [2.75, 3.05) is 13.7 Å². The number of hydrogen-bond donors (Lipinski definition) is 1. The Morgan fingerprint density at radius 2 is 1.86 bits per heavy atom. The van der Waals surface area contributed by atoms with Gasteiger partial charge >= 0.3 is 0 Å². The van der Waals surface area contributed by atoms with Crippen molar-refractivity contribution in [2.45, 2.75) is 78.2 Å². The molecule has 0 aliphatic heterocycles. The van der Waals surface area contributed by atoms with Crippen molar-refractivity contribution in [3.63, 3.8) is 0 Å². The molecule has 0 aromatic rings. The summed E-state index contributed by atoms with van der Waals surface area (Å²) in [4.78, 5) is 12.3. The predicted octanol–water partition coefficient (Wildman–Crippen LogP) is 4.47. The lowest BCUT2D eigenvalue weighted by Crippen LogP contribution is -2.55. The average molecular weight is 387 g/mol. The van der Waals surface area contributed by atoms with E-state index in [4.69, 9.17) is 4.74 Å². The number of rotatable bonds is 2. The summed E-state index contributed by atoms with van der Waals surface area (Å²) in [6.45, 7) is 7.19. The highest BCUT2D eigenvalue weighted by Crippen LogP contribution is 2.67. The number of carbonyl (C=O) groups excluding carboxylic acids is 1. The molecule has 0 aromatic heterocycles. The summed E-state index contributed by atoms with van der Waals surface area (Å²) in [7, 11) is 1.67. The maximum atomic E-state index is 12.3. The van der Waals surface area contributed by atoms with Gasteiger partial charge in [0, 0.05) is 18.9 Å². The summed E-state index contributed by atoms with van der Waals surface area (Å²) >= 11 is 0. The first kappa shape index (κ1) is 20.4. The largest absolute Gasteiger partial charge is 0.392 e. The minimum atomic E-state index is -0.290. The van der Waals surface area contributed by atoms with Crippen LogP contribution in [0.25, 0.3) is 0 Å². The standard InChI is InChI=1S/C25H38O3/c1-16(26)20-9-10-21-19-8-7-18-14-23(27)17(6-5-13-28-4)15-25(18,3)22(19)11-12-24(20,21)2/h17-23,27H,7-15H2,1-4H3/t17-,18-,19-,20+,21-,22-,23-,24+,25-/m0/s1. The summed E-state index contributed by atoms with van der Waals surface area (Å²) in [5.41, 5.74) is 0.506. The van der Waals surface area contributed by atoms with Crippen LogP contribution in [0.1, 0.15) is 72.1 Å². The van der Waals surface area contributed by atoms with Crippen molar-refractivity contribution < 1.29 is 14.6 Å². The fourth-order valence-corrected chi connectivity index (χ4v) is 8.37. The molecule has 3 heteroatoms. The Morgan fingerprint density at radius 3 is 2.57 bits per heavy atom. The molecule has 1 N–H and O–H groups in total. The van der Waals surface area contributed by atoms with Crippen LogP contribution in [0.3, 0.4) is 0 Å². The van der Waals surface area contributed by atoms with E-state index >= 15 is 0 Å². The van der Waals surface area contributed by atoms with Gasteiger partial charge in [0.25, 0.3) is 0 Å². The average Bonchev–Trinajstić information content (AvgIpc) is 3.00. The zero-order valence-electron chi connectivity index (χ0n) is 18.2. The van der Waals surface area contributed by atoms with E-state index in [-0.39, 0.29) is 28.8 Å². The lowest BCUT2D eigenvalue weighted by Gasteiger charge is -2.61. The summed E-state index contributed by atoms with van der Waals surface area (Å²) in [5, 5.41) is 10.7. The maximum Gasteiger partial charge on any atom is 0.133 e. The Labute approximate surface area is 171 Å². The van der Waals surface area contributed by atoms with Crippen molar-refractivity contribution >= 4 is 5.78 Å². The Hall–Kier alpha value is -0.850. The Kier molecular flexibility index (Phi) is 5.43. The second-order valence-electron chi connectivity index (χ2n) is 10.8. The van der Waals surface area contributed by atoms with Crippen molar-refractivity contribution in [1.82, 2.24) is 0 Å². The van der Waals surface area contributed by atoms with Crippen molar-refractivity contribution in [1.29, 1.82) is 0 Å². The van der Waals surface area contributed by atoms with Gasteiger partial charge in [0.15, 0.2) is 0 Å². The second kappa shape index (κ2) is 7.44. The molecule has 4 saturated carbocycles. The van der Waals surface area contributed by atoms with E-state index in [9.17, 15) is 9.90 Å². The van der Waals surface area contributed by atoms with Gasteiger partial charge in [0.05, 0.1) is 6.10 Å². The van der Waals surface area contributed by atoms with Gasteiger partial charge in [-0.05, 0) is 92.8 Å². The van der Waals surface area contributed by atoms with E-state index in [2.05, 4.69) is 25.7 Å². The quantitative estimate of drug-likeness (QED) is 0.712. The molecule has 3 nitrogen and oxygen atoms in total. The molecule has 4 aliphatic carbocycles. The molecule has 9 atom stereocenters. The van der Waals surface area contributed by atoms with Crippen molar-refractivity contribution in [2.24, 2.45) is 46.3 Å². The molecule has 4 aliphatic rings. The third kappa shape index (κ3) is 3.07. The number of aliphatic hydroxyl groups is 1. The predicted molar refractivity (Wildman–Crippen MR) is 110 cm³/mol. The molecule has 0 amide bonds. The molecule has 0 aromatic carbocycles. The van der Waals surface area contributed by atoms with Gasteiger partial charge in [0.1, 0.15) is 12.4 Å². The van der Waals surface area contributed by atoms with Crippen LogP contribution >= 0.6 is 0 Å². The summed E-state index contributed by atoms with van der Waals surface area (Å²) < 4.78 is 5.09. The van der Waals surface area contributed by atoms with Crippen LogP contribution in [0.4, 0.5) is 0 Å². The zero-order valence-corrected chi connectivity index (χ0v) is 18.2. The highest BCUT2D eigenvalue weighted by Gasteiger charge is 2.61. The number of ether oxygens (including phenoxy) is 1. The molecule has 28 heavy (non-hydrogen) atoms. The fourth-order valence-electron chi connectivity index (χ4n) is 8.37. The van der Waals surface area contributed by atoms with Crippen LogP contribution < -0.4 is 0 Å². The molecule has 0 unspecified atom stereocenters. The number of hydrogen-bond acceptors (Lipinski definition) is 3. The molecular formula is C25H38O3. The highest BCUT2D eigenvalue weighted by atomic mass is 16.5. The SMILES string of the molecule is COCC#C[C@H]1C[C@@]2(C)[C@@H](CC[C@@H]3[C@@H]2CC[C@]2(C)[C@@H](C(C)=O)CC[C@@H]32)C[C@@H]1O. The van der Waals surface area contributed by atoms with E-state index in [1.807, 2.05) is 6.92 Å². The summed E-state index contributed by atoms with van der Waals surface area (Å²) in [6.07, 6.45) is 8.97. The Balaban J connectivity index is 1.58. The summed E-state index contributed by atoms with van der Waals surface area (Å²) in [5.74, 6) is 10.0. The zero-order chi connectivity index (χ0) is 20.1. The van der Waals surface area contributed by atoms with Gasteiger partial charge in [-0.15, -0.1) is 0 Å². The molecule has 4 fully saturated rings. The van der Waals surface area contributed by atoms with Gasteiger partial charge in [-0.3, -0.25) is 4.79 Å². The highest BCUT2D eigenvalue weighted by molar-refractivity contribution is 5.79. The first-order valence-electron chi connectivity index (χ1n) is 11.5.